The van der Waals surface area contributed by atoms with Gasteiger partial charge in [0, 0.05) is 52.0 Å². The summed E-state index contributed by atoms with van der Waals surface area (Å²) in [6.07, 6.45) is 4.82. The number of hydrogen-bond acceptors (Lipinski definition) is 3. The Hall–Kier alpha value is -1.56. The van der Waals surface area contributed by atoms with Gasteiger partial charge >= 0.3 is 0 Å². The Morgan fingerprint density at radius 2 is 2.04 bits per heavy atom. The average molecular weight is 335 g/mol. The van der Waals surface area contributed by atoms with Crippen LogP contribution >= 0.6 is 0 Å². The van der Waals surface area contributed by atoms with Gasteiger partial charge in [-0.2, -0.15) is 5.10 Å². The SMILES string of the molecule is CN=C(NCC(C1CC1)N(C)C)N(C)Cc1cn(C)nc1C(C)C. The lowest BCUT2D eigenvalue weighted by molar-refractivity contribution is 0.262. The van der Waals surface area contributed by atoms with E-state index in [1.54, 1.807) is 0 Å². The van der Waals surface area contributed by atoms with Crippen molar-refractivity contribution in [2.45, 2.75) is 45.2 Å². The van der Waals surface area contributed by atoms with Crippen LogP contribution in [0.5, 0.6) is 0 Å². The molecule has 2 rings (SSSR count). The molecular formula is C18H34N6. The van der Waals surface area contributed by atoms with Crippen LogP contribution in [0.3, 0.4) is 0 Å². The summed E-state index contributed by atoms with van der Waals surface area (Å²) < 4.78 is 1.91. The Morgan fingerprint density at radius 3 is 2.54 bits per heavy atom. The first-order valence-electron chi connectivity index (χ1n) is 8.94. The molecule has 1 N–H and O–H groups in total. The van der Waals surface area contributed by atoms with Gasteiger partial charge in [-0.3, -0.25) is 9.67 Å². The highest BCUT2D eigenvalue weighted by Gasteiger charge is 2.32. The van der Waals surface area contributed by atoms with Gasteiger partial charge in [-0.05, 0) is 38.8 Å². The van der Waals surface area contributed by atoms with E-state index < -0.39 is 0 Å². The van der Waals surface area contributed by atoms with Crippen LogP contribution in [-0.4, -0.2) is 66.3 Å². The normalized spacial score (nSPS) is 16.8. The molecule has 1 heterocycles. The van der Waals surface area contributed by atoms with Crippen LogP contribution in [0.15, 0.2) is 11.2 Å². The van der Waals surface area contributed by atoms with Crippen molar-refractivity contribution in [3.8, 4) is 0 Å². The van der Waals surface area contributed by atoms with Gasteiger partial charge < -0.3 is 15.1 Å². The van der Waals surface area contributed by atoms with E-state index in [0.717, 1.165) is 25.0 Å². The first-order valence-corrected chi connectivity index (χ1v) is 8.94. The smallest absolute Gasteiger partial charge is 0.193 e. The maximum atomic E-state index is 4.60. The Balaban J connectivity index is 1.97. The lowest BCUT2D eigenvalue weighted by atomic mass is 10.1. The van der Waals surface area contributed by atoms with Crippen LogP contribution in [0.1, 0.15) is 43.9 Å². The van der Waals surface area contributed by atoms with Crippen LogP contribution in [0.2, 0.25) is 0 Å². The van der Waals surface area contributed by atoms with Gasteiger partial charge in [-0.15, -0.1) is 0 Å². The van der Waals surface area contributed by atoms with E-state index >= 15 is 0 Å². The molecule has 1 aromatic rings. The van der Waals surface area contributed by atoms with Gasteiger partial charge in [0.15, 0.2) is 5.96 Å². The summed E-state index contributed by atoms with van der Waals surface area (Å²) in [5.41, 5.74) is 2.44. The van der Waals surface area contributed by atoms with Gasteiger partial charge in [0.25, 0.3) is 0 Å². The summed E-state index contributed by atoms with van der Waals surface area (Å²) in [7, 11) is 10.3. The molecule has 1 saturated carbocycles. The van der Waals surface area contributed by atoms with E-state index in [9.17, 15) is 0 Å². The zero-order valence-electron chi connectivity index (χ0n) is 16.4. The quantitative estimate of drug-likeness (QED) is 0.611. The van der Waals surface area contributed by atoms with E-state index in [-0.39, 0.29) is 0 Å². The second-order valence-electron chi connectivity index (χ2n) is 7.52. The topological polar surface area (TPSA) is 48.7 Å². The lowest BCUT2D eigenvalue weighted by Gasteiger charge is -2.28. The zero-order valence-corrected chi connectivity index (χ0v) is 16.4. The van der Waals surface area contributed by atoms with Crippen molar-refractivity contribution >= 4 is 5.96 Å². The number of aliphatic imine (C=N–C) groups is 1. The first kappa shape index (κ1) is 18.8. The van der Waals surface area contributed by atoms with Crippen LogP contribution < -0.4 is 5.32 Å². The summed E-state index contributed by atoms with van der Waals surface area (Å²) in [6, 6.07) is 0.583. The molecule has 1 aliphatic rings. The molecular weight excluding hydrogens is 300 g/mol. The predicted molar refractivity (Wildman–Crippen MR) is 100 cm³/mol. The second kappa shape index (κ2) is 8.01. The third kappa shape index (κ3) is 4.72. The fourth-order valence-electron chi connectivity index (χ4n) is 3.33. The molecule has 0 spiro atoms. The highest BCUT2D eigenvalue weighted by atomic mass is 15.3. The van der Waals surface area contributed by atoms with E-state index in [2.05, 4.69) is 66.4 Å². The summed E-state index contributed by atoms with van der Waals surface area (Å²) in [6.45, 7) is 6.14. The number of nitrogens with one attached hydrogen (secondary N) is 1. The molecule has 1 fully saturated rings. The first-order chi connectivity index (χ1) is 11.3. The largest absolute Gasteiger partial charge is 0.355 e. The molecule has 24 heavy (non-hydrogen) atoms. The van der Waals surface area contributed by atoms with Crippen molar-refractivity contribution in [1.29, 1.82) is 0 Å². The Kier molecular flexibility index (Phi) is 6.27. The monoisotopic (exact) mass is 334 g/mol. The highest BCUT2D eigenvalue weighted by Crippen LogP contribution is 2.34. The van der Waals surface area contributed by atoms with Crippen LogP contribution in [0, 0.1) is 5.92 Å². The molecule has 136 valence electrons. The van der Waals surface area contributed by atoms with Crippen LogP contribution in [0.4, 0.5) is 0 Å². The van der Waals surface area contributed by atoms with Gasteiger partial charge in [0.05, 0.1) is 5.69 Å². The maximum Gasteiger partial charge on any atom is 0.193 e. The number of rotatable bonds is 7. The van der Waals surface area contributed by atoms with Gasteiger partial charge in [-0.25, -0.2) is 0 Å². The molecule has 1 atom stereocenters. The molecule has 1 unspecified atom stereocenters. The minimum atomic E-state index is 0.428. The number of likely N-dealkylation sites (N-methyl/N-ethyl adjacent to an activating group) is 1. The van der Waals surface area contributed by atoms with Gasteiger partial charge in [0.1, 0.15) is 0 Å². The molecule has 0 bridgehead atoms. The molecule has 0 saturated heterocycles. The van der Waals surface area contributed by atoms with Gasteiger partial charge in [-0.1, -0.05) is 13.8 Å². The minimum absolute atomic E-state index is 0.428. The van der Waals surface area contributed by atoms with Crippen molar-refractivity contribution < 1.29 is 0 Å². The Bertz CT molecular complexity index is 554. The molecule has 6 heteroatoms. The minimum Gasteiger partial charge on any atom is -0.355 e. The van der Waals surface area contributed by atoms with Crippen molar-refractivity contribution in [3.05, 3.63) is 17.5 Å². The Labute approximate surface area is 146 Å². The fraction of sp³-hybridized carbons (Fsp3) is 0.778. The van der Waals surface area contributed by atoms with Gasteiger partial charge in [0.2, 0.25) is 0 Å². The molecule has 0 aliphatic heterocycles. The van der Waals surface area contributed by atoms with E-state index in [1.165, 1.54) is 24.1 Å². The molecule has 0 amide bonds. The fourth-order valence-corrected chi connectivity index (χ4v) is 3.33. The summed E-state index contributed by atoms with van der Waals surface area (Å²) in [4.78, 5) is 8.97. The third-order valence-corrected chi connectivity index (χ3v) is 4.76. The highest BCUT2D eigenvalue weighted by molar-refractivity contribution is 5.79. The lowest BCUT2D eigenvalue weighted by Crippen LogP contribution is -2.46. The van der Waals surface area contributed by atoms with E-state index in [0.29, 0.717) is 12.0 Å². The number of nitrogens with zero attached hydrogens (tertiary/aromatic N) is 5. The molecule has 0 radical (unpaired) electrons. The van der Waals surface area contributed by atoms with Crippen molar-refractivity contribution in [2.24, 2.45) is 18.0 Å². The molecule has 6 nitrogen and oxygen atoms in total. The van der Waals surface area contributed by atoms with E-state index in [4.69, 9.17) is 0 Å². The molecule has 0 aromatic carbocycles. The van der Waals surface area contributed by atoms with Crippen molar-refractivity contribution in [3.63, 3.8) is 0 Å². The summed E-state index contributed by atoms with van der Waals surface area (Å²) in [5, 5.41) is 8.16. The standard InChI is InChI=1S/C18H34N6/c1-13(2)17-15(12-24(7)21-17)11-23(6)18(19-3)20-10-16(22(4)5)14-8-9-14/h12-14,16H,8-11H2,1-7H3,(H,19,20). The third-order valence-electron chi connectivity index (χ3n) is 4.76. The van der Waals surface area contributed by atoms with E-state index in [1.807, 2.05) is 18.8 Å². The maximum absolute atomic E-state index is 4.60. The zero-order chi connectivity index (χ0) is 17.9. The van der Waals surface area contributed by atoms with Crippen LogP contribution in [0.25, 0.3) is 0 Å². The number of hydrogen-bond donors (Lipinski definition) is 1. The second-order valence-corrected chi connectivity index (χ2v) is 7.52. The Morgan fingerprint density at radius 1 is 1.38 bits per heavy atom. The summed E-state index contributed by atoms with van der Waals surface area (Å²) in [5.74, 6) is 2.21. The van der Waals surface area contributed by atoms with Crippen molar-refractivity contribution in [2.75, 3.05) is 34.7 Å². The molecule has 1 aliphatic carbocycles. The van der Waals surface area contributed by atoms with Crippen LogP contribution in [-0.2, 0) is 13.6 Å². The number of guanidine groups is 1. The number of aromatic nitrogens is 2. The average Bonchev–Trinajstić information content (AvgIpc) is 3.26. The van der Waals surface area contributed by atoms with Crippen molar-refractivity contribution in [1.82, 2.24) is 24.9 Å². The predicted octanol–water partition coefficient (Wildman–Crippen LogP) is 1.89. The summed E-state index contributed by atoms with van der Waals surface area (Å²) >= 11 is 0. The number of aryl methyl sites for hydroxylation is 1. The molecule has 1 aromatic heterocycles.